The smallest absolute Gasteiger partial charge is 0.256 e. The van der Waals surface area contributed by atoms with Gasteiger partial charge in [0.1, 0.15) is 13.1 Å². The van der Waals surface area contributed by atoms with Crippen LogP contribution in [-0.4, -0.2) is 35.7 Å². The highest BCUT2D eigenvalue weighted by Crippen LogP contribution is 2.20. The van der Waals surface area contributed by atoms with Crippen LogP contribution in [0, 0.1) is 0 Å². The minimum atomic E-state index is -0.514. The molecular weight excluding hydrogens is 258 g/mol. The van der Waals surface area contributed by atoms with Crippen LogP contribution in [0.5, 0.6) is 0 Å². The van der Waals surface area contributed by atoms with Crippen LogP contribution in [0.1, 0.15) is 10.4 Å². The number of halogens is 1. The Labute approximate surface area is 108 Å². The monoisotopic (exact) mass is 267 g/mol. The Morgan fingerprint density at radius 1 is 1.28 bits per heavy atom. The highest BCUT2D eigenvalue weighted by atomic mass is 35.5. The van der Waals surface area contributed by atoms with Crippen LogP contribution in [0.4, 0.5) is 5.69 Å². The number of rotatable bonds is 1. The molecule has 1 aliphatic rings. The maximum atomic E-state index is 12.1. The number of anilines is 1. The van der Waals surface area contributed by atoms with Crippen molar-refractivity contribution >= 4 is 35.0 Å². The first kappa shape index (κ1) is 12.4. The van der Waals surface area contributed by atoms with Crippen LogP contribution >= 0.6 is 11.6 Å². The predicted octanol–water partition coefficient (Wildman–Crippen LogP) is 0.0208. The molecule has 0 aliphatic carbocycles. The van der Waals surface area contributed by atoms with Gasteiger partial charge in [0, 0.05) is 5.69 Å². The van der Waals surface area contributed by atoms with Crippen molar-refractivity contribution in [2.24, 2.45) is 0 Å². The fraction of sp³-hybridized carbons (Fsp3) is 0.182. The third-order valence-electron chi connectivity index (χ3n) is 2.46. The van der Waals surface area contributed by atoms with E-state index in [-0.39, 0.29) is 23.7 Å². The van der Waals surface area contributed by atoms with Crippen molar-refractivity contribution in [2.75, 3.05) is 18.8 Å². The second-order valence-corrected chi connectivity index (χ2v) is 4.28. The van der Waals surface area contributed by atoms with Crippen molar-refractivity contribution in [3.8, 4) is 0 Å². The number of nitrogens with two attached hydrogens (primary N) is 1. The molecule has 1 aliphatic heterocycles. The third kappa shape index (κ3) is 2.43. The predicted molar refractivity (Wildman–Crippen MR) is 64.9 cm³/mol. The molecule has 0 unspecified atom stereocenters. The lowest BCUT2D eigenvalue weighted by Crippen LogP contribution is -2.53. The van der Waals surface area contributed by atoms with Gasteiger partial charge in [0.2, 0.25) is 11.8 Å². The van der Waals surface area contributed by atoms with Gasteiger partial charge in [-0.1, -0.05) is 11.6 Å². The molecule has 3 amide bonds. The van der Waals surface area contributed by atoms with Crippen molar-refractivity contribution in [1.29, 1.82) is 0 Å². The molecular formula is C11H10ClN3O3. The summed E-state index contributed by atoms with van der Waals surface area (Å²) in [5.74, 6) is -1.52. The molecule has 1 aromatic carbocycles. The number of amides is 3. The minimum absolute atomic E-state index is 0.171. The fourth-order valence-electron chi connectivity index (χ4n) is 1.66. The number of carbonyl (C=O) groups excluding carboxylic acids is 3. The lowest BCUT2D eigenvalue weighted by atomic mass is 10.1. The second kappa shape index (κ2) is 4.66. The molecule has 0 atom stereocenters. The summed E-state index contributed by atoms with van der Waals surface area (Å²) in [7, 11) is 0. The van der Waals surface area contributed by atoms with E-state index >= 15 is 0 Å². The van der Waals surface area contributed by atoms with E-state index < -0.39 is 17.7 Å². The minimum Gasteiger partial charge on any atom is -0.399 e. The number of hydrogen-bond acceptors (Lipinski definition) is 4. The maximum absolute atomic E-state index is 12.1. The van der Waals surface area contributed by atoms with Crippen LogP contribution in [0.15, 0.2) is 18.2 Å². The summed E-state index contributed by atoms with van der Waals surface area (Å²) in [5, 5.41) is 2.34. The Hall–Kier alpha value is -2.08. The molecule has 1 heterocycles. The lowest BCUT2D eigenvalue weighted by molar-refractivity contribution is -0.135. The van der Waals surface area contributed by atoms with Crippen LogP contribution in [0.2, 0.25) is 5.02 Å². The fourth-order valence-corrected chi connectivity index (χ4v) is 1.86. The van der Waals surface area contributed by atoms with Crippen LogP contribution < -0.4 is 11.1 Å². The lowest BCUT2D eigenvalue weighted by Gasteiger charge is -2.25. The van der Waals surface area contributed by atoms with Gasteiger partial charge in [0.05, 0.1) is 10.6 Å². The van der Waals surface area contributed by atoms with Gasteiger partial charge in [-0.25, -0.2) is 0 Å². The topological polar surface area (TPSA) is 92.5 Å². The van der Waals surface area contributed by atoms with Gasteiger partial charge in [0.25, 0.3) is 5.91 Å². The summed E-state index contributed by atoms with van der Waals surface area (Å²) >= 11 is 5.89. The quantitative estimate of drug-likeness (QED) is 0.554. The molecule has 94 valence electrons. The Kier molecular flexibility index (Phi) is 3.20. The summed E-state index contributed by atoms with van der Waals surface area (Å²) in [4.78, 5) is 35.6. The van der Waals surface area contributed by atoms with Gasteiger partial charge in [0.15, 0.2) is 0 Å². The zero-order chi connectivity index (χ0) is 13.3. The van der Waals surface area contributed by atoms with Crippen molar-refractivity contribution in [3.05, 3.63) is 28.8 Å². The summed E-state index contributed by atoms with van der Waals surface area (Å²) < 4.78 is 0. The van der Waals surface area contributed by atoms with Crippen LogP contribution in [-0.2, 0) is 9.59 Å². The van der Waals surface area contributed by atoms with E-state index in [4.69, 9.17) is 17.3 Å². The van der Waals surface area contributed by atoms with E-state index in [1.165, 1.54) is 12.1 Å². The van der Waals surface area contributed by atoms with Gasteiger partial charge >= 0.3 is 0 Å². The number of nitrogens with one attached hydrogen (secondary N) is 1. The summed E-state index contributed by atoms with van der Waals surface area (Å²) in [5.41, 5.74) is 6.14. The summed E-state index contributed by atoms with van der Waals surface area (Å²) in [6.07, 6.45) is 0. The van der Waals surface area contributed by atoms with Crippen LogP contribution in [0.25, 0.3) is 0 Å². The first-order chi connectivity index (χ1) is 8.47. The standard InChI is InChI=1S/C11H10ClN3O3/c12-8-2-1-6(13)3-7(8)11(18)15-4-9(16)14-10(17)5-15/h1-3H,4-5,13H2,(H,14,16,17). The first-order valence-corrected chi connectivity index (χ1v) is 5.52. The van der Waals surface area contributed by atoms with Gasteiger partial charge < -0.3 is 10.6 Å². The normalized spacial score (nSPS) is 15.5. The zero-order valence-electron chi connectivity index (χ0n) is 9.27. The molecule has 0 spiro atoms. The molecule has 6 nitrogen and oxygen atoms in total. The number of benzene rings is 1. The van der Waals surface area contributed by atoms with E-state index in [0.29, 0.717) is 5.69 Å². The number of nitrogen functional groups attached to an aromatic ring is 1. The SMILES string of the molecule is Nc1ccc(Cl)c(C(=O)N2CC(=O)NC(=O)C2)c1. The number of hydrogen-bond donors (Lipinski definition) is 2. The van der Waals surface area contributed by atoms with E-state index in [2.05, 4.69) is 5.32 Å². The average Bonchev–Trinajstić information content (AvgIpc) is 2.30. The molecule has 1 saturated heterocycles. The van der Waals surface area contributed by atoms with Gasteiger partial charge in [-0.3, -0.25) is 19.7 Å². The van der Waals surface area contributed by atoms with E-state index in [9.17, 15) is 14.4 Å². The molecule has 0 bridgehead atoms. The molecule has 1 aromatic rings. The van der Waals surface area contributed by atoms with Gasteiger partial charge in [-0.15, -0.1) is 0 Å². The van der Waals surface area contributed by atoms with Gasteiger partial charge in [-0.2, -0.15) is 0 Å². The highest BCUT2D eigenvalue weighted by Gasteiger charge is 2.28. The number of piperazine rings is 1. The number of nitrogens with zero attached hydrogens (tertiary/aromatic N) is 1. The van der Waals surface area contributed by atoms with Crippen molar-refractivity contribution in [1.82, 2.24) is 10.2 Å². The van der Waals surface area contributed by atoms with Gasteiger partial charge in [-0.05, 0) is 18.2 Å². The Morgan fingerprint density at radius 2 is 1.89 bits per heavy atom. The Bertz CT molecular complexity index is 528. The van der Waals surface area contributed by atoms with Crippen molar-refractivity contribution in [3.63, 3.8) is 0 Å². The second-order valence-electron chi connectivity index (χ2n) is 3.87. The van der Waals surface area contributed by atoms with Crippen molar-refractivity contribution < 1.29 is 14.4 Å². The average molecular weight is 268 g/mol. The summed E-state index contributed by atoms with van der Waals surface area (Å²) in [6, 6.07) is 4.48. The molecule has 7 heteroatoms. The Balaban J connectivity index is 2.28. The Morgan fingerprint density at radius 3 is 2.50 bits per heavy atom. The summed E-state index contributed by atoms with van der Waals surface area (Å²) in [6.45, 7) is -0.342. The molecule has 3 N–H and O–H groups in total. The molecule has 1 fully saturated rings. The largest absolute Gasteiger partial charge is 0.399 e. The highest BCUT2D eigenvalue weighted by molar-refractivity contribution is 6.34. The molecule has 0 radical (unpaired) electrons. The molecule has 18 heavy (non-hydrogen) atoms. The van der Waals surface area contributed by atoms with E-state index in [0.717, 1.165) is 4.90 Å². The van der Waals surface area contributed by atoms with E-state index in [1.54, 1.807) is 6.07 Å². The zero-order valence-corrected chi connectivity index (χ0v) is 10.0. The van der Waals surface area contributed by atoms with Crippen molar-refractivity contribution in [2.45, 2.75) is 0 Å². The number of imide groups is 1. The molecule has 0 saturated carbocycles. The number of carbonyl (C=O) groups is 3. The maximum Gasteiger partial charge on any atom is 0.256 e. The molecule has 2 rings (SSSR count). The first-order valence-electron chi connectivity index (χ1n) is 5.14. The van der Waals surface area contributed by atoms with E-state index in [1.807, 2.05) is 0 Å². The molecule has 0 aromatic heterocycles. The van der Waals surface area contributed by atoms with Crippen LogP contribution in [0.3, 0.4) is 0 Å². The third-order valence-corrected chi connectivity index (χ3v) is 2.79.